The maximum absolute atomic E-state index is 9.36. The number of carboxylic acid groups (broad SMARTS) is 1. The molecule has 1 aliphatic heterocycles. The molecule has 0 saturated heterocycles. The Kier molecular flexibility index (Phi) is 3.67. The van der Waals surface area contributed by atoms with Crippen LogP contribution in [0, 0.1) is 0 Å². The Balaban J connectivity index is 0.000000249. The largest absolute Gasteiger partial charge is 0.504 e. The number of para-hydroxylation sites is 1. The maximum atomic E-state index is 9.36. The zero-order chi connectivity index (χ0) is 13.1. The lowest BCUT2D eigenvalue weighted by atomic mass is 10.3. The van der Waals surface area contributed by atoms with Crippen LogP contribution in [0.2, 0.25) is 0 Å². The van der Waals surface area contributed by atoms with Crippen LogP contribution in [0.1, 0.15) is 13.8 Å². The zero-order valence-corrected chi connectivity index (χ0v) is 9.85. The molecule has 0 aromatic heterocycles. The highest BCUT2D eigenvalue weighted by Crippen LogP contribution is 2.44. The van der Waals surface area contributed by atoms with Crippen molar-refractivity contribution in [1.29, 1.82) is 0 Å². The highest BCUT2D eigenvalue weighted by molar-refractivity contribution is 5.63. The van der Waals surface area contributed by atoms with E-state index in [4.69, 9.17) is 14.6 Å². The van der Waals surface area contributed by atoms with Crippen molar-refractivity contribution in [3.8, 4) is 17.2 Å². The van der Waals surface area contributed by atoms with Gasteiger partial charge in [-0.1, -0.05) is 6.07 Å². The molecule has 2 rings (SSSR count). The average Bonchev–Trinajstić information content (AvgIpc) is 2.55. The summed E-state index contributed by atoms with van der Waals surface area (Å²) in [5.74, 6) is 0.488. The molecule has 6 heteroatoms. The van der Waals surface area contributed by atoms with Gasteiger partial charge in [0.2, 0.25) is 11.5 Å². The number of ether oxygens (including phenoxy) is 2. The summed E-state index contributed by atoms with van der Waals surface area (Å²) in [6.07, 6.45) is -0.995. The van der Waals surface area contributed by atoms with Crippen molar-refractivity contribution in [2.75, 3.05) is 7.05 Å². The number of aromatic hydroxyl groups is 1. The van der Waals surface area contributed by atoms with Crippen LogP contribution in [0.15, 0.2) is 18.2 Å². The number of rotatable bonds is 0. The normalized spacial score (nSPS) is 14.5. The Morgan fingerprint density at radius 2 is 1.94 bits per heavy atom. The van der Waals surface area contributed by atoms with Crippen molar-refractivity contribution in [3.63, 3.8) is 0 Å². The van der Waals surface area contributed by atoms with Crippen molar-refractivity contribution in [1.82, 2.24) is 5.32 Å². The van der Waals surface area contributed by atoms with E-state index in [9.17, 15) is 9.90 Å². The summed E-state index contributed by atoms with van der Waals surface area (Å²) in [5, 5.41) is 18.9. The summed E-state index contributed by atoms with van der Waals surface area (Å²) in [7, 11) is 1.35. The molecule has 0 radical (unpaired) electrons. The van der Waals surface area contributed by atoms with Crippen LogP contribution in [0.25, 0.3) is 0 Å². The fourth-order valence-electron chi connectivity index (χ4n) is 1.22. The van der Waals surface area contributed by atoms with Crippen LogP contribution < -0.4 is 14.8 Å². The van der Waals surface area contributed by atoms with E-state index in [1.165, 1.54) is 7.05 Å². The van der Waals surface area contributed by atoms with Crippen LogP contribution in [0.5, 0.6) is 17.2 Å². The van der Waals surface area contributed by atoms with Gasteiger partial charge in [-0.15, -0.1) is 0 Å². The molecule has 1 aliphatic rings. The first-order valence-corrected chi connectivity index (χ1v) is 4.96. The van der Waals surface area contributed by atoms with E-state index in [1.54, 1.807) is 32.0 Å². The van der Waals surface area contributed by atoms with E-state index in [0.29, 0.717) is 11.5 Å². The molecule has 1 amide bonds. The molecule has 17 heavy (non-hydrogen) atoms. The number of fused-ring (bicyclic) bond motifs is 1. The molecule has 0 atom stereocenters. The van der Waals surface area contributed by atoms with Crippen molar-refractivity contribution >= 4 is 6.09 Å². The lowest BCUT2D eigenvalue weighted by Crippen LogP contribution is -2.29. The highest BCUT2D eigenvalue weighted by atomic mass is 16.7. The quantitative estimate of drug-likeness (QED) is 0.644. The van der Waals surface area contributed by atoms with Crippen LogP contribution in [0.3, 0.4) is 0 Å². The van der Waals surface area contributed by atoms with Gasteiger partial charge in [-0.25, -0.2) is 4.79 Å². The molecule has 1 aromatic rings. The second-order valence-corrected chi connectivity index (χ2v) is 3.76. The summed E-state index contributed by atoms with van der Waals surface area (Å²) in [6.45, 7) is 3.60. The summed E-state index contributed by atoms with van der Waals surface area (Å²) in [4.78, 5) is 9.26. The number of carbonyl (C=O) groups is 1. The van der Waals surface area contributed by atoms with E-state index in [1.807, 2.05) is 5.32 Å². The fraction of sp³-hybridized carbons (Fsp3) is 0.364. The van der Waals surface area contributed by atoms with Gasteiger partial charge in [0.15, 0.2) is 11.5 Å². The summed E-state index contributed by atoms with van der Waals surface area (Å²) >= 11 is 0. The minimum Gasteiger partial charge on any atom is -0.504 e. The zero-order valence-electron chi connectivity index (χ0n) is 9.85. The first kappa shape index (κ1) is 13.0. The van der Waals surface area contributed by atoms with Gasteiger partial charge in [0.25, 0.3) is 0 Å². The SMILES string of the molecule is CC1(C)Oc2cccc(O)c2O1.CNC(=O)O. The molecule has 1 aromatic carbocycles. The van der Waals surface area contributed by atoms with Crippen LogP contribution in [-0.2, 0) is 0 Å². The maximum Gasteiger partial charge on any atom is 0.404 e. The summed E-state index contributed by atoms with van der Waals surface area (Å²) < 4.78 is 10.7. The van der Waals surface area contributed by atoms with Crippen LogP contribution in [-0.4, -0.2) is 29.1 Å². The van der Waals surface area contributed by atoms with Crippen molar-refractivity contribution in [2.24, 2.45) is 0 Å². The molecule has 1 heterocycles. The Bertz CT molecular complexity index is 416. The van der Waals surface area contributed by atoms with Gasteiger partial charge in [-0.3, -0.25) is 0 Å². The van der Waals surface area contributed by atoms with Crippen LogP contribution in [0.4, 0.5) is 4.79 Å². The Morgan fingerprint density at radius 1 is 1.35 bits per heavy atom. The number of benzene rings is 1. The molecule has 0 aliphatic carbocycles. The second-order valence-electron chi connectivity index (χ2n) is 3.76. The van der Waals surface area contributed by atoms with Gasteiger partial charge in [0.1, 0.15) is 0 Å². The number of hydrogen-bond donors (Lipinski definition) is 3. The first-order chi connectivity index (χ1) is 7.85. The molecule has 0 spiro atoms. The average molecular weight is 241 g/mol. The number of phenolic OH excluding ortho intramolecular Hbond substituents is 1. The van der Waals surface area contributed by atoms with Gasteiger partial charge < -0.3 is 25.0 Å². The predicted octanol–water partition coefficient (Wildman–Crippen LogP) is 1.78. The van der Waals surface area contributed by atoms with E-state index >= 15 is 0 Å². The Morgan fingerprint density at radius 3 is 2.41 bits per heavy atom. The fourth-order valence-corrected chi connectivity index (χ4v) is 1.22. The molecule has 94 valence electrons. The van der Waals surface area contributed by atoms with E-state index in [-0.39, 0.29) is 5.75 Å². The van der Waals surface area contributed by atoms with E-state index in [2.05, 4.69) is 0 Å². The smallest absolute Gasteiger partial charge is 0.404 e. The molecule has 6 nitrogen and oxygen atoms in total. The molecule has 3 N–H and O–H groups in total. The minimum atomic E-state index is -0.995. The van der Waals surface area contributed by atoms with Crippen molar-refractivity contribution in [2.45, 2.75) is 19.6 Å². The van der Waals surface area contributed by atoms with Gasteiger partial charge in [-0.2, -0.15) is 0 Å². The van der Waals surface area contributed by atoms with Gasteiger partial charge in [0.05, 0.1) is 0 Å². The molecule has 0 saturated carbocycles. The van der Waals surface area contributed by atoms with Crippen LogP contribution >= 0.6 is 0 Å². The Hall–Kier alpha value is -2.11. The third-order valence-electron chi connectivity index (χ3n) is 1.88. The van der Waals surface area contributed by atoms with Gasteiger partial charge >= 0.3 is 6.09 Å². The summed E-state index contributed by atoms with van der Waals surface area (Å²) in [6, 6.07) is 5.06. The second kappa shape index (κ2) is 4.82. The minimum absolute atomic E-state index is 0.123. The summed E-state index contributed by atoms with van der Waals surface area (Å²) in [5.41, 5.74) is 0. The molecular formula is C11H15NO5. The number of phenols is 1. The first-order valence-electron chi connectivity index (χ1n) is 4.96. The topological polar surface area (TPSA) is 88.0 Å². The van der Waals surface area contributed by atoms with E-state index in [0.717, 1.165) is 0 Å². The van der Waals surface area contributed by atoms with E-state index < -0.39 is 11.9 Å². The lowest BCUT2D eigenvalue weighted by molar-refractivity contribution is -0.0439. The standard InChI is InChI=1S/C9H10O3.C2H5NO2/c1-9(2)11-7-5-3-4-6(10)8(7)12-9;1-3-2(4)5/h3-5,10H,1-2H3;3H,1H3,(H,4,5). The number of amides is 1. The predicted molar refractivity (Wildman–Crippen MR) is 60.5 cm³/mol. The third kappa shape index (κ3) is 3.44. The third-order valence-corrected chi connectivity index (χ3v) is 1.88. The Labute approximate surface area is 98.8 Å². The van der Waals surface area contributed by atoms with Gasteiger partial charge in [0, 0.05) is 20.9 Å². The molecule has 0 bridgehead atoms. The lowest BCUT2D eigenvalue weighted by Gasteiger charge is -2.16. The number of nitrogens with one attached hydrogen (secondary N) is 1. The molecule has 0 unspecified atom stereocenters. The molecular weight excluding hydrogens is 226 g/mol. The molecule has 0 fully saturated rings. The monoisotopic (exact) mass is 241 g/mol. The van der Waals surface area contributed by atoms with Crippen molar-refractivity contribution in [3.05, 3.63) is 18.2 Å². The van der Waals surface area contributed by atoms with Crippen molar-refractivity contribution < 1.29 is 24.5 Å². The number of hydrogen-bond acceptors (Lipinski definition) is 4. The highest BCUT2D eigenvalue weighted by Gasteiger charge is 2.33. The van der Waals surface area contributed by atoms with Gasteiger partial charge in [-0.05, 0) is 12.1 Å².